The molecule has 13 N–H and O–H groups in total. The molecule has 0 saturated carbocycles. The number of aromatic amines is 2. The van der Waals surface area contributed by atoms with Crippen LogP contribution in [0, 0.1) is 6.92 Å². The van der Waals surface area contributed by atoms with Crippen LogP contribution in [0.3, 0.4) is 0 Å². The number of phosphoric ester groups is 3. The highest BCUT2D eigenvalue weighted by atomic mass is 31.2. The number of nitrogens with zero attached hydrogens (tertiary/aromatic N) is 8. The molecule has 8 heterocycles. The van der Waals surface area contributed by atoms with Crippen LogP contribution in [0.5, 0.6) is 0 Å². The SMILES string of the molecule is Cc1cn([C@H]2C[C@H](OP(=O)(O)OC[C@H]3O[C@@H](n4cnc5c(N)ncnc54)[C@H](O)[C@@H]3OP(=O)(O)OC[C@H]3O[C@@H](n4cnc5c(=O)[nH]c(N)nc54)[C@H](O)[C@@H]3O)[C@@H](COP(=O)(O)O)O2)c(=O)[nH]c1=O. The molecule has 66 heavy (non-hydrogen) atoms. The van der Waals surface area contributed by atoms with E-state index in [4.69, 9.17) is 43.8 Å². The second-order valence-corrected chi connectivity index (χ2v) is 18.9. The van der Waals surface area contributed by atoms with Crippen LogP contribution < -0.4 is 28.3 Å². The number of aromatic nitrogens is 10. The van der Waals surface area contributed by atoms with Gasteiger partial charge in [-0.15, -0.1) is 0 Å². The summed E-state index contributed by atoms with van der Waals surface area (Å²) in [6.45, 7) is -1.60. The monoisotopic (exact) mass is 996 g/mol. The summed E-state index contributed by atoms with van der Waals surface area (Å²) >= 11 is 0. The Balaban J connectivity index is 0.991. The third-order valence-corrected chi connectivity index (χ3v) is 12.9. The average molecular weight is 997 g/mol. The number of fused-ring (bicyclic) bond motifs is 2. The minimum absolute atomic E-state index is 0.00347. The molecule has 2 unspecified atom stereocenters. The quantitative estimate of drug-likeness (QED) is 0.0423. The number of H-pyrrole nitrogens is 2. The maximum atomic E-state index is 13.5. The Morgan fingerprint density at radius 1 is 0.727 bits per heavy atom. The van der Waals surface area contributed by atoms with Crippen molar-refractivity contribution in [3.05, 3.63) is 61.9 Å². The summed E-state index contributed by atoms with van der Waals surface area (Å²) in [5.74, 6) is -0.375. The number of nitrogens with one attached hydrogen (secondary N) is 2. The minimum atomic E-state index is -5.41. The first-order valence-corrected chi connectivity index (χ1v) is 23.5. The average Bonchev–Trinajstić information content (AvgIpc) is 4.06. The number of nitrogens with two attached hydrogens (primary N) is 2. The zero-order valence-corrected chi connectivity index (χ0v) is 36.1. The van der Waals surface area contributed by atoms with Gasteiger partial charge in [0.25, 0.3) is 11.1 Å². The van der Waals surface area contributed by atoms with Gasteiger partial charge in [0, 0.05) is 18.2 Å². The topological polar surface area (TPSA) is 481 Å². The van der Waals surface area contributed by atoms with Gasteiger partial charge in [0.2, 0.25) is 5.95 Å². The van der Waals surface area contributed by atoms with Gasteiger partial charge < -0.3 is 60.6 Å². The van der Waals surface area contributed by atoms with Crippen molar-refractivity contribution >= 4 is 57.6 Å². The van der Waals surface area contributed by atoms with Crippen molar-refractivity contribution in [2.75, 3.05) is 31.3 Å². The number of anilines is 2. The Morgan fingerprint density at radius 3 is 2.06 bits per heavy atom. The van der Waals surface area contributed by atoms with Crippen molar-refractivity contribution < 1.29 is 85.4 Å². The number of hydrogen-bond donors (Lipinski definition) is 11. The first-order valence-electron chi connectivity index (χ1n) is 19.0. The molecule has 3 aliphatic heterocycles. The number of nitrogen functional groups attached to an aromatic ring is 2. The standard InChI is InChI=1S/C30H39N12O21P3/c1-10-3-40(30(48)39-25(10)46)15-2-11(12(59-15)4-56-64(49,50)51)62-65(52,53)58-6-14-21(20(45)28(61-14)41-8-35-16-22(31)33-7-34-23(16)41)63-66(54,55)57-5-13-18(43)19(44)27(60-13)42-9-36-17-24(42)37-29(32)38-26(17)47/h3,7-9,11-15,18-21,27-28,43-45H,2,4-6H2,1H3,(H,52,53)(H,54,55)(H2,31,33,34)(H,39,46,48)(H2,49,50,51)(H3,32,37,38,47)/t11-,12+,13+,14+,15+,18+,19+,20+,21+,27+,28+/m0/s1. The van der Waals surface area contributed by atoms with Crippen LogP contribution >= 0.6 is 23.5 Å². The predicted octanol–water partition coefficient (Wildman–Crippen LogP) is -3.74. The van der Waals surface area contributed by atoms with Crippen LogP contribution in [-0.2, 0) is 50.5 Å². The molecule has 0 radical (unpaired) electrons. The van der Waals surface area contributed by atoms with E-state index in [2.05, 4.69) is 34.4 Å². The Labute approximate surface area is 365 Å². The predicted molar refractivity (Wildman–Crippen MR) is 212 cm³/mol. The normalized spacial score (nSPS) is 30.0. The highest BCUT2D eigenvalue weighted by Crippen LogP contribution is 2.52. The van der Waals surface area contributed by atoms with E-state index in [0.29, 0.717) is 0 Å². The van der Waals surface area contributed by atoms with Crippen molar-refractivity contribution in [1.29, 1.82) is 0 Å². The lowest BCUT2D eigenvalue weighted by Crippen LogP contribution is -2.37. The Morgan fingerprint density at radius 2 is 1.35 bits per heavy atom. The molecule has 5 aromatic rings. The second kappa shape index (κ2) is 18.1. The number of aryl methyl sites for hydroxylation is 1. The maximum absolute atomic E-state index is 13.5. The Bertz CT molecular complexity index is 2960. The summed E-state index contributed by atoms with van der Waals surface area (Å²) in [4.78, 5) is 101. The largest absolute Gasteiger partial charge is 0.472 e. The molecule has 0 amide bonds. The number of phosphoric acid groups is 3. The van der Waals surface area contributed by atoms with E-state index >= 15 is 0 Å². The van der Waals surface area contributed by atoms with Crippen molar-refractivity contribution in [3.63, 3.8) is 0 Å². The summed E-state index contributed by atoms with van der Waals surface area (Å²) in [6.07, 6.45) is -14.4. The lowest BCUT2D eigenvalue weighted by atomic mass is 10.1. The first kappa shape index (κ1) is 47.8. The highest BCUT2D eigenvalue weighted by molar-refractivity contribution is 7.47. The van der Waals surface area contributed by atoms with Gasteiger partial charge in [0.1, 0.15) is 66.9 Å². The summed E-state index contributed by atoms with van der Waals surface area (Å²) in [5.41, 5.74) is 8.94. The molecule has 5 aromatic heterocycles. The van der Waals surface area contributed by atoms with E-state index < -0.39 is 134 Å². The third kappa shape index (κ3) is 9.80. The number of aliphatic hydroxyl groups excluding tert-OH is 3. The fourth-order valence-corrected chi connectivity index (χ4v) is 9.59. The number of hydrogen-bond acceptors (Lipinski definition) is 24. The molecule has 3 aliphatic rings. The van der Waals surface area contributed by atoms with Crippen LogP contribution in [-0.4, -0.2) is 152 Å². The highest BCUT2D eigenvalue weighted by Gasteiger charge is 2.52. The van der Waals surface area contributed by atoms with Crippen molar-refractivity contribution in [2.45, 2.75) is 80.9 Å². The van der Waals surface area contributed by atoms with Gasteiger partial charge in [-0.2, -0.15) is 4.98 Å². The molecule has 3 fully saturated rings. The van der Waals surface area contributed by atoms with Gasteiger partial charge in [0.15, 0.2) is 35.1 Å². The molecule has 0 bridgehead atoms. The fraction of sp³-hybridized carbons (Fsp3) is 0.533. The molecule has 36 heteroatoms. The van der Waals surface area contributed by atoms with Gasteiger partial charge in [-0.05, 0) is 6.92 Å². The molecular formula is C30H39N12O21P3. The van der Waals surface area contributed by atoms with E-state index in [9.17, 15) is 63.0 Å². The van der Waals surface area contributed by atoms with Crippen molar-refractivity contribution in [2.24, 2.45) is 0 Å². The number of ether oxygens (including phenoxy) is 3. The third-order valence-electron chi connectivity index (χ3n) is 10.4. The Hall–Kier alpha value is -4.73. The summed E-state index contributed by atoms with van der Waals surface area (Å²) in [6, 6.07) is 0. The van der Waals surface area contributed by atoms with Gasteiger partial charge in [-0.25, -0.2) is 38.4 Å². The van der Waals surface area contributed by atoms with Crippen LogP contribution in [0.15, 0.2) is 39.6 Å². The molecule has 0 aromatic carbocycles. The molecule has 360 valence electrons. The lowest BCUT2D eigenvalue weighted by molar-refractivity contribution is -0.0618. The van der Waals surface area contributed by atoms with Gasteiger partial charge in [0.05, 0.1) is 32.5 Å². The maximum Gasteiger partial charge on any atom is 0.472 e. The van der Waals surface area contributed by atoms with Crippen LogP contribution in [0.4, 0.5) is 11.8 Å². The van der Waals surface area contributed by atoms with E-state index in [1.54, 1.807) is 0 Å². The minimum Gasteiger partial charge on any atom is -0.387 e. The number of rotatable bonds is 16. The van der Waals surface area contributed by atoms with Gasteiger partial charge in [-0.3, -0.25) is 55.9 Å². The molecule has 0 spiro atoms. The second-order valence-electron chi connectivity index (χ2n) is 14.8. The zero-order valence-electron chi connectivity index (χ0n) is 33.4. The van der Waals surface area contributed by atoms with Crippen molar-refractivity contribution in [3.8, 4) is 0 Å². The van der Waals surface area contributed by atoms with Crippen LogP contribution in [0.25, 0.3) is 22.3 Å². The van der Waals surface area contributed by atoms with Crippen LogP contribution in [0.2, 0.25) is 0 Å². The summed E-state index contributed by atoms with van der Waals surface area (Å²) in [7, 11) is -15.9. The van der Waals surface area contributed by atoms with Gasteiger partial charge >= 0.3 is 29.2 Å². The van der Waals surface area contributed by atoms with E-state index in [1.165, 1.54) is 6.92 Å². The fourth-order valence-electron chi connectivity index (χ4n) is 7.32. The number of imidazole rings is 2. The smallest absolute Gasteiger partial charge is 0.387 e. The zero-order chi connectivity index (χ0) is 47.6. The summed E-state index contributed by atoms with van der Waals surface area (Å²) in [5, 5.41) is 33.2. The molecule has 33 nitrogen and oxygen atoms in total. The number of aliphatic hydroxyl groups is 3. The van der Waals surface area contributed by atoms with Gasteiger partial charge in [-0.1, -0.05) is 0 Å². The lowest BCUT2D eigenvalue weighted by Gasteiger charge is -2.25. The van der Waals surface area contributed by atoms with E-state index in [0.717, 1.165) is 38.9 Å². The molecule has 8 rings (SSSR count). The molecule has 3 saturated heterocycles. The molecular weight excluding hydrogens is 957 g/mol. The van der Waals surface area contributed by atoms with Crippen molar-refractivity contribution in [1.82, 2.24) is 48.6 Å². The molecule has 13 atom stereocenters. The summed E-state index contributed by atoms with van der Waals surface area (Å²) < 4.78 is 84.5. The van der Waals surface area contributed by atoms with E-state index in [1.807, 2.05) is 4.98 Å². The Kier molecular flexibility index (Phi) is 13.1. The van der Waals surface area contributed by atoms with Crippen LogP contribution in [0.1, 0.15) is 30.7 Å². The molecule has 0 aliphatic carbocycles. The first-order chi connectivity index (χ1) is 31.0. The van der Waals surface area contributed by atoms with E-state index in [-0.39, 0.29) is 39.7 Å².